The van der Waals surface area contributed by atoms with Gasteiger partial charge >= 0.3 is 0 Å². The number of hydrogen-bond acceptors (Lipinski definition) is 3. The highest BCUT2D eigenvalue weighted by Crippen LogP contribution is 2.12. The topological polar surface area (TPSA) is 72.9 Å². The molecular formula is C8H14N4O. The van der Waals surface area contributed by atoms with E-state index in [1.165, 1.54) is 0 Å². The highest BCUT2D eigenvalue weighted by atomic mass is 16.1. The second-order valence-corrected chi connectivity index (χ2v) is 2.78. The molecule has 0 saturated carbocycles. The van der Waals surface area contributed by atoms with Crippen LogP contribution in [0.3, 0.4) is 0 Å². The van der Waals surface area contributed by atoms with Gasteiger partial charge in [-0.1, -0.05) is 0 Å². The van der Waals surface area contributed by atoms with Crippen molar-refractivity contribution in [2.24, 2.45) is 12.8 Å². The Bertz CT molecular complexity index is 294. The molecule has 1 aromatic heterocycles. The van der Waals surface area contributed by atoms with Crippen molar-refractivity contribution >= 4 is 5.91 Å². The lowest BCUT2D eigenvalue weighted by Gasteiger charge is -2.12. The first-order valence-corrected chi connectivity index (χ1v) is 4.10. The van der Waals surface area contributed by atoms with Crippen LogP contribution in [0.25, 0.3) is 0 Å². The van der Waals surface area contributed by atoms with Crippen LogP contribution in [0.2, 0.25) is 0 Å². The van der Waals surface area contributed by atoms with Gasteiger partial charge in [0.05, 0.1) is 11.6 Å². The molecule has 0 unspecified atom stereocenters. The molecule has 0 aromatic carbocycles. The number of amides is 1. The molecule has 0 saturated heterocycles. The molecule has 1 heterocycles. The molecule has 0 aliphatic carbocycles. The highest BCUT2D eigenvalue weighted by molar-refractivity contribution is 5.83. The number of nitrogens with one attached hydrogen (secondary N) is 1. The van der Waals surface area contributed by atoms with Crippen molar-refractivity contribution in [2.75, 3.05) is 13.6 Å². The Morgan fingerprint density at radius 1 is 1.85 bits per heavy atom. The lowest BCUT2D eigenvalue weighted by Crippen LogP contribution is -2.32. The molecule has 0 fully saturated rings. The van der Waals surface area contributed by atoms with Gasteiger partial charge in [0, 0.05) is 26.8 Å². The fourth-order valence-corrected chi connectivity index (χ4v) is 1.26. The zero-order chi connectivity index (χ0) is 9.84. The minimum absolute atomic E-state index is 0.0777. The van der Waals surface area contributed by atoms with Gasteiger partial charge in [-0.05, 0) is 6.07 Å². The number of aromatic nitrogens is 2. The molecule has 0 aliphatic heterocycles. The first-order chi connectivity index (χ1) is 6.20. The van der Waals surface area contributed by atoms with E-state index in [0.29, 0.717) is 6.54 Å². The van der Waals surface area contributed by atoms with Crippen LogP contribution in [-0.4, -0.2) is 29.3 Å². The summed E-state index contributed by atoms with van der Waals surface area (Å²) in [6.45, 7) is 0.291. The van der Waals surface area contributed by atoms with E-state index < -0.39 is 0 Å². The van der Waals surface area contributed by atoms with Crippen molar-refractivity contribution in [3.05, 3.63) is 18.0 Å². The van der Waals surface area contributed by atoms with Crippen molar-refractivity contribution < 1.29 is 4.79 Å². The Kier molecular flexibility index (Phi) is 3.02. The average molecular weight is 182 g/mol. The number of carbonyl (C=O) groups excluding carboxylic acids is 1. The van der Waals surface area contributed by atoms with Gasteiger partial charge in [0.1, 0.15) is 0 Å². The molecule has 5 nitrogen and oxygen atoms in total. The second kappa shape index (κ2) is 4.04. The molecule has 5 heteroatoms. The standard InChI is InChI=1S/C8H14N4O/c1-10-8(13)6(5-9)7-3-4-11-12(7)2/h3-4,6H,5,9H2,1-2H3,(H,10,13)/t6-/m1/s1. The number of nitrogens with two attached hydrogens (primary N) is 1. The summed E-state index contributed by atoms with van der Waals surface area (Å²) in [5.41, 5.74) is 6.34. The summed E-state index contributed by atoms with van der Waals surface area (Å²) in [5.74, 6) is -0.386. The maximum atomic E-state index is 11.4. The van der Waals surface area contributed by atoms with Gasteiger partial charge in [0.2, 0.25) is 5.91 Å². The third-order valence-corrected chi connectivity index (χ3v) is 2.01. The van der Waals surface area contributed by atoms with E-state index in [9.17, 15) is 4.79 Å². The number of hydrogen-bond donors (Lipinski definition) is 2. The van der Waals surface area contributed by atoms with Gasteiger partial charge in [0.25, 0.3) is 0 Å². The fourth-order valence-electron chi connectivity index (χ4n) is 1.26. The molecule has 0 bridgehead atoms. The predicted molar refractivity (Wildman–Crippen MR) is 49.1 cm³/mol. The van der Waals surface area contributed by atoms with Crippen LogP contribution in [0.4, 0.5) is 0 Å². The molecule has 13 heavy (non-hydrogen) atoms. The summed E-state index contributed by atoms with van der Waals surface area (Å²) in [5, 5.41) is 6.55. The van der Waals surface area contributed by atoms with E-state index in [0.717, 1.165) is 5.69 Å². The molecule has 0 spiro atoms. The Morgan fingerprint density at radius 3 is 2.92 bits per heavy atom. The average Bonchev–Trinajstić information content (AvgIpc) is 2.53. The van der Waals surface area contributed by atoms with E-state index >= 15 is 0 Å². The van der Waals surface area contributed by atoms with Crippen molar-refractivity contribution in [2.45, 2.75) is 5.92 Å². The largest absolute Gasteiger partial charge is 0.359 e. The van der Waals surface area contributed by atoms with Crippen molar-refractivity contribution in [1.82, 2.24) is 15.1 Å². The number of rotatable bonds is 3. The van der Waals surface area contributed by atoms with Crippen molar-refractivity contribution in [3.8, 4) is 0 Å². The van der Waals surface area contributed by atoms with Crippen LogP contribution in [0, 0.1) is 0 Å². The lowest BCUT2D eigenvalue weighted by molar-refractivity contribution is -0.122. The van der Waals surface area contributed by atoms with Gasteiger partial charge in [-0.25, -0.2) is 0 Å². The smallest absolute Gasteiger partial charge is 0.230 e. The summed E-state index contributed by atoms with van der Waals surface area (Å²) in [4.78, 5) is 11.4. The maximum absolute atomic E-state index is 11.4. The summed E-state index contributed by atoms with van der Waals surface area (Å²) in [7, 11) is 3.39. The van der Waals surface area contributed by atoms with Gasteiger partial charge in [-0.3, -0.25) is 9.48 Å². The van der Waals surface area contributed by atoms with E-state index in [4.69, 9.17) is 5.73 Å². The SMILES string of the molecule is CNC(=O)[C@H](CN)c1ccnn1C. The molecule has 1 aromatic rings. The Morgan fingerprint density at radius 2 is 2.54 bits per heavy atom. The molecule has 0 radical (unpaired) electrons. The molecule has 3 N–H and O–H groups in total. The molecule has 72 valence electrons. The zero-order valence-electron chi connectivity index (χ0n) is 7.82. The van der Waals surface area contributed by atoms with Crippen LogP contribution in [0.5, 0.6) is 0 Å². The normalized spacial score (nSPS) is 12.5. The summed E-state index contributed by atoms with van der Waals surface area (Å²) >= 11 is 0. The van der Waals surface area contributed by atoms with Crippen LogP contribution >= 0.6 is 0 Å². The molecular weight excluding hydrogens is 168 g/mol. The Hall–Kier alpha value is -1.36. The van der Waals surface area contributed by atoms with E-state index in [2.05, 4.69) is 10.4 Å². The monoisotopic (exact) mass is 182 g/mol. The van der Waals surface area contributed by atoms with Gasteiger partial charge < -0.3 is 11.1 Å². The summed E-state index contributed by atoms with van der Waals surface area (Å²) < 4.78 is 1.66. The molecule has 1 rings (SSSR count). The van der Waals surface area contributed by atoms with Gasteiger partial charge in [0.15, 0.2) is 0 Å². The minimum Gasteiger partial charge on any atom is -0.359 e. The van der Waals surface area contributed by atoms with Crippen LogP contribution in [0.1, 0.15) is 11.6 Å². The first-order valence-electron chi connectivity index (χ1n) is 4.10. The number of nitrogens with zero attached hydrogens (tertiary/aromatic N) is 2. The first kappa shape index (κ1) is 9.73. The Labute approximate surface area is 76.9 Å². The van der Waals surface area contributed by atoms with Crippen LogP contribution in [-0.2, 0) is 11.8 Å². The van der Waals surface area contributed by atoms with Crippen LogP contribution in [0.15, 0.2) is 12.3 Å². The van der Waals surface area contributed by atoms with E-state index in [-0.39, 0.29) is 11.8 Å². The summed E-state index contributed by atoms with van der Waals surface area (Å²) in [6, 6.07) is 1.80. The third kappa shape index (κ3) is 1.86. The molecule has 1 atom stereocenters. The maximum Gasteiger partial charge on any atom is 0.230 e. The summed E-state index contributed by atoms with van der Waals surface area (Å²) in [6.07, 6.45) is 1.65. The number of carbonyl (C=O) groups is 1. The lowest BCUT2D eigenvalue weighted by atomic mass is 10.1. The van der Waals surface area contributed by atoms with E-state index in [1.54, 1.807) is 31.0 Å². The van der Waals surface area contributed by atoms with Crippen LogP contribution < -0.4 is 11.1 Å². The van der Waals surface area contributed by atoms with Gasteiger partial charge in [-0.2, -0.15) is 5.10 Å². The fraction of sp³-hybridized carbons (Fsp3) is 0.500. The molecule has 0 aliphatic rings. The van der Waals surface area contributed by atoms with Gasteiger partial charge in [-0.15, -0.1) is 0 Å². The Balaban J connectivity index is 2.90. The van der Waals surface area contributed by atoms with Crippen molar-refractivity contribution in [1.29, 1.82) is 0 Å². The van der Waals surface area contributed by atoms with Crippen molar-refractivity contribution in [3.63, 3.8) is 0 Å². The molecule has 1 amide bonds. The quantitative estimate of drug-likeness (QED) is 0.643. The number of likely N-dealkylation sites (N-methyl/N-ethyl adjacent to an activating group) is 1. The number of aryl methyl sites for hydroxylation is 1. The highest BCUT2D eigenvalue weighted by Gasteiger charge is 2.20. The second-order valence-electron chi connectivity index (χ2n) is 2.78. The minimum atomic E-state index is -0.308. The zero-order valence-corrected chi connectivity index (χ0v) is 7.82. The predicted octanol–water partition coefficient (Wildman–Crippen LogP) is -0.792. The third-order valence-electron chi connectivity index (χ3n) is 2.01. The van der Waals surface area contributed by atoms with E-state index in [1.807, 2.05) is 0 Å².